The first-order chi connectivity index (χ1) is 13.2. The molecule has 6 rings (SSSR count). The Labute approximate surface area is 158 Å². The van der Waals surface area contributed by atoms with E-state index in [1.54, 1.807) is 6.20 Å². The molecule has 0 unspecified atom stereocenters. The molecule has 0 saturated heterocycles. The van der Waals surface area contributed by atoms with Crippen LogP contribution in [0.2, 0.25) is 0 Å². The van der Waals surface area contributed by atoms with Gasteiger partial charge in [0.2, 0.25) is 0 Å². The van der Waals surface area contributed by atoms with Gasteiger partial charge in [-0.1, -0.05) is 30.3 Å². The van der Waals surface area contributed by atoms with Crippen LogP contribution in [-0.2, 0) is 7.05 Å². The maximum atomic E-state index is 5.98. The van der Waals surface area contributed by atoms with E-state index in [1.807, 2.05) is 23.6 Å². The highest BCUT2D eigenvalue weighted by Crippen LogP contribution is 2.41. The first kappa shape index (κ1) is 14.9. The summed E-state index contributed by atoms with van der Waals surface area (Å²) in [4.78, 5) is 4.38. The van der Waals surface area contributed by atoms with E-state index in [1.165, 1.54) is 31.3 Å². The Balaban J connectivity index is 1.83. The van der Waals surface area contributed by atoms with Gasteiger partial charge < -0.3 is 4.42 Å². The molecule has 0 fully saturated rings. The molecule has 4 nitrogen and oxygen atoms in total. The summed E-state index contributed by atoms with van der Waals surface area (Å²) in [5, 5.41) is 2.62. The number of imidazole rings is 1. The molecule has 0 amide bonds. The first-order valence-corrected chi connectivity index (χ1v) is 9.70. The molecule has 0 aliphatic carbocycles. The van der Waals surface area contributed by atoms with E-state index in [9.17, 15) is 0 Å². The van der Waals surface area contributed by atoms with E-state index in [0.717, 1.165) is 17.1 Å². The summed E-state index contributed by atoms with van der Waals surface area (Å²) in [5.74, 6) is 1.12. The highest BCUT2D eigenvalue weighted by atomic mass is 32.1. The van der Waals surface area contributed by atoms with Crippen LogP contribution in [0.25, 0.3) is 48.5 Å². The molecule has 27 heavy (non-hydrogen) atoms. The lowest BCUT2D eigenvalue weighted by atomic mass is 10.0. The average molecular weight is 370 g/mol. The quantitative estimate of drug-likeness (QED) is 0.371. The Morgan fingerprint density at radius 3 is 2.85 bits per heavy atom. The number of aromatic nitrogens is 3. The number of nitrogens with zero attached hydrogens (tertiary/aromatic N) is 3. The number of rotatable bonds is 1. The van der Waals surface area contributed by atoms with Crippen molar-refractivity contribution in [3.05, 3.63) is 66.5 Å². The van der Waals surface area contributed by atoms with E-state index < -0.39 is 0 Å². The maximum absolute atomic E-state index is 5.98. The molecule has 6 aromatic rings. The third kappa shape index (κ3) is 1.92. The van der Waals surface area contributed by atoms with E-state index in [-0.39, 0.29) is 0 Å². The van der Waals surface area contributed by atoms with Gasteiger partial charge in [0.25, 0.3) is 11.5 Å². The zero-order valence-electron chi connectivity index (χ0n) is 14.9. The molecule has 0 atom stereocenters. The van der Waals surface area contributed by atoms with Crippen LogP contribution in [-0.4, -0.2) is 9.38 Å². The summed E-state index contributed by atoms with van der Waals surface area (Å²) in [7, 11) is 2.08. The van der Waals surface area contributed by atoms with Crippen molar-refractivity contribution in [1.29, 1.82) is 0 Å². The lowest BCUT2D eigenvalue weighted by molar-refractivity contribution is -0.658. The fraction of sp³-hybridized carbons (Fsp3) is 0.0909. The molecule has 130 valence electrons. The first-order valence-electron chi connectivity index (χ1n) is 8.88. The largest absolute Gasteiger partial charge is 0.396 e. The highest BCUT2D eigenvalue weighted by molar-refractivity contribution is 7.26. The van der Waals surface area contributed by atoms with Crippen molar-refractivity contribution >= 4 is 48.5 Å². The van der Waals surface area contributed by atoms with Crippen LogP contribution in [0.1, 0.15) is 5.56 Å². The summed E-state index contributed by atoms with van der Waals surface area (Å²) in [6.07, 6.45) is 3.80. The van der Waals surface area contributed by atoms with Crippen molar-refractivity contribution in [3.8, 4) is 11.4 Å². The van der Waals surface area contributed by atoms with Crippen molar-refractivity contribution in [3.63, 3.8) is 0 Å². The molecule has 4 heterocycles. The third-order valence-corrected chi connectivity index (χ3v) is 6.45. The fourth-order valence-electron chi connectivity index (χ4n) is 4.04. The summed E-state index contributed by atoms with van der Waals surface area (Å²) in [5.41, 5.74) is 4.96. The number of hydrogen-bond donors (Lipinski definition) is 0. The van der Waals surface area contributed by atoms with Gasteiger partial charge in [0.1, 0.15) is 0 Å². The molecule has 5 heteroatoms. The van der Waals surface area contributed by atoms with Crippen LogP contribution in [0.4, 0.5) is 0 Å². The van der Waals surface area contributed by atoms with Crippen molar-refractivity contribution in [1.82, 2.24) is 9.38 Å². The standard InChI is InChI=1S/C22H16N3OS/c1-13-9-10-15-14-6-3-4-8-17(14)27-20(15)19(13)22-24(2)12-18-25(22)16-7-5-11-23-21(16)26-18/h3-12H,1-2H3/q+1. The number of hydrogen-bond acceptors (Lipinski definition) is 3. The number of pyridine rings is 1. The highest BCUT2D eigenvalue weighted by Gasteiger charge is 2.28. The molecule has 0 aliphatic heterocycles. The minimum Gasteiger partial charge on any atom is -0.396 e. The number of fused-ring (bicyclic) bond motifs is 6. The number of thiophene rings is 1. The van der Waals surface area contributed by atoms with Gasteiger partial charge in [-0.25, -0.2) is 9.55 Å². The van der Waals surface area contributed by atoms with Crippen LogP contribution in [0.15, 0.2) is 65.3 Å². The van der Waals surface area contributed by atoms with Crippen molar-refractivity contribution < 1.29 is 8.98 Å². The second kappa shape index (κ2) is 5.18. The SMILES string of the molecule is Cc1ccc2c(sc3ccccc32)c1-c1n2c(c[n+]1C)oc1ncccc12. The summed E-state index contributed by atoms with van der Waals surface area (Å²) >= 11 is 1.85. The van der Waals surface area contributed by atoms with Gasteiger partial charge in [-0.05, 0) is 30.7 Å². The Morgan fingerprint density at radius 1 is 1.04 bits per heavy atom. The van der Waals surface area contributed by atoms with Crippen LogP contribution in [0.3, 0.4) is 0 Å². The van der Waals surface area contributed by atoms with Gasteiger partial charge in [-0.3, -0.25) is 0 Å². The third-order valence-electron chi connectivity index (χ3n) is 5.24. The minimum absolute atomic E-state index is 0.663. The van der Waals surface area contributed by atoms with Crippen LogP contribution in [0, 0.1) is 6.92 Å². The lowest BCUT2D eigenvalue weighted by Crippen LogP contribution is -2.28. The van der Waals surface area contributed by atoms with Crippen LogP contribution < -0.4 is 4.57 Å². The summed E-state index contributed by atoms with van der Waals surface area (Å²) in [6.45, 7) is 2.18. The Bertz CT molecular complexity index is 1500. The maximum Gasteiger partial charge on any atom is 0.337 e. The second-order valence-electron chi connectivity index (χ2n) is 6.90. The molecule has 0 bridgehead atoms. The molecule has 0 aliphatic rings. The van der Waals surface area contributed by atoms with Crippen LogP contribution in [0.5, 0.6) is 0 Å². The van der Waals surface area contributed by atoms with E-state index in [0.29, 0.717) is 5.71 Å². The zero-order chi connectivity index (χ0) is 18.1. The molecule has 4 aromatic heterocycles. The van der Waals surface area contributed by atoms with Gasteiger partial charge in [-0.2, -0.15) is 4.40 Å². The van der Waals surface area contributed by atoms with Crippen molar-refractivity contribution in [2.75, 3.05) is 0 Å². The topological polar surface area (TPSA) is 34.3 Å². The molecular weight excluding hydrogens is 354 g/mol. The Morgan fingerprint density at radius 2 is 1.93 bits per heavy atom. The molecule has 2 aromatic carbocycles. The molecule has 0 N–H and O–H groups in total. The van der Waals surface area contributed by atoms with Crippen LogP contribution >= 0.6 is 11.3 Å². The number of benzene rings is 2. The molecule has 0 saturated carbocycles. The zero-order valence-corrected chi connectivity index (χ0v) is 15.7. The molecule has 0 spiro atoms. The average Bonchev–Trinajstić information content (AvgIpc) is 3.31. The van der Waals surface area contributed by atoms with Gasteiger partial charge in [0.05, 0.1) is 17.3 Å². The monoisotopic (exact) mass is 370 g/mol. The number of oxazole rings is 1. The second-order valence-corrected chi connectivity index (χ2v) is 7.95. The van der Waals surface area contributed by atoms with Gasteiger partial charge in [-0.15, -0.1) is 11.3 Å². The van der Waals surface area contributed by atoms with E-state index in [4.69, 9.17) is 4.42 Å². The van der Waals surface area contributed by atoms with E-state index >= 15 is 0 Å². The summed E-state index contributed by atoms with van der Waals surface area (Å²) < 4.78 is 12.9. The lowest BCUT2D eigenvalue weighted by Gasteiger charge is -2.04. The predicted molar refractivity (Wildman–Crippen MR) is 109 cm³/mol. The Kier molecular flexibility index (Phi) is 2.86. The van der Waals surface area contributed by atoms with E-state index in [2.05, 4.69) is 70.4 Å². The summed E-state index contributed by atoms with van der Waals surface area (Å²) in [6, 6.07) is 17.1. The van der Waals surface area contributed by atoms with Gasteiger partial charge in [0.15, 0.2) is 11.7 Å². The van der Waals surface area contributed by atoms with Crippen molar-refractivity contribution in [2.45, 2.75) is 6.92 Å². The minimum atomic E-state index is 0.663. The normalized spacial score (nSPS) is 12.1. The molecule has 0 radical (unpaired) electrons. The Hall–Kier alpha value is -3.18. The fourth-order valence-corrected chi connectivity index (χ4v) is 5.33. The number of aryl methyl sites for hydroxylation is 2. The van der Waals surface area contributed by atoms with Gasteiger partial charge >= 0.3 is 5.71 Å². The smallest absolute Gasteiger partial charge is 0.337 e. The van der Waals surface area contributed by atoms with Gasteiger partial charge in [0, 0.05) is 21.7 Å². The molecular formula is C22H16N3OS+. The van der Waals surface area contributed by atoms with Crippen molar-refractivity contribution in [2.24, 2.45) is 7.05 Å². The predicted octanol–water partition coefficient (Wildman–Crippen LogP) is 5.25.